The average Bonchev–Trinajstić information content (AvgIpc) is 2.46. The van der Waals surface area contributed by atoms with Crippen LogP contribution in [0.3, 0.4) is 0 Å². The molecule has 1 unspecified atom stereocenters. The van der Waals surface area contributed by atoms with Gasteiger partial charge in [-0.3, -0.25) is 4.79 Å². The van der Waals surface area contributed by atoms with Crippen molar-refractivity contribution in [1.29, 1.82) is 0 Å². The Balaban J connectivity index is 1.89. The minimum Gasteiger partial charge on any atom is -0.389 e. The number of benzene rings is 1. The zero-order chi connectivity index (χ0) is 14.5. The molecule has 1 aliphatic rings. The van der Waals surface area contributed by atoms with Crippen molar-refractivity contribution < 1.29 is 4.79 Å². The van der Waals surface area contributed by atoms with Crippen molar-refractivity contribution in [2.75, 3.05) is 20.1 Å². The Morgan fingerprint density at radius 3 is 2.60 bits per heavy atom. The lowest BCUT2D eigenvalue weighted by Crippen LogP contribution is -2.44. The molecule has 1 amide bonds. The fourth-order valence-electron chi connectivity index (χ4n) is 2.50. The lowest BCUT2D eigenvalue weighted by atomic mass is 10.0. The summed E-state index contributed by atoms with van der Waals surface area (Å²) in [5.74, 6) is -0.0431. The highest BCUT2D eigenvalue weighted by Gasteiger charge is 2.19. The summed E-state index contributed by atoms with van der Waals surface area (Å²) in [5.41, 5.74) is 6.96. The number of hydrogen-bond acceptors (Lipinski definition) is 3. The Morgan fingerprint density at radius 1 is 1.35 bits per heavy atom. The second kappa shape index (κ2) is 6.81. The van der Waals surface area contributed by atoms with Crippen molar-refractivity contribution in [3.05, 3.63) is 35.4 Å². The van der Waals surface area contributed by atoms with Crippen molar-refractivity contribution in [3.63, 3.8) is 0 Å². The molecule has 1 aromatic rings. The van der Waals surface area contributed by atoms with E-state index >= 15 is 0 Å². The van der Waals surface area contributed by atoms with Gasteiger partial charge in [-0.25, -0.2) is 0 Å². The molecule has 0 radical (unpaired) electrons. The normalized spacial score (nSPS) is 19.6. The Morgan fingerprint density at radius 2 is 2.00 bits per heavy atom. The van der Waals surface area contributed by atoms with E-state index in [1.807, 2.05) is 0 Å². The van der Waals surface area contributed by atoms with Crippen molar-refractivity contribution in [3.8, 4) is 0 Å². The molecule has 1 fully saturated rings. The summed E-state index contributed by atoms with van der Waals surface area (Å²) < 4.78 is 0. The highest BCUT2D eigenvalue weighted by molar-refractivity contribution is 7.80. The average molecular weight is 291 g/mol. The molecule has 1 aliphatic heterocycles. The van der Waals surface area contributed by atoms with E-state index in [0.29, 0.717) is 23.1 Å². The summed E-state index contributed by atoms with van der Waals surface area (Å²) in [6.45, 7) is 1.82. The van der Waals surface area contributed by atoms with Crippen LogP contribution in [0, 0.1) is 0 Å². The summed E-state index contributed by atoms with van der Waals surface area (Å²) in [7, 11) is 2.12. The highest BCUT2D eigenvalue weighted by Crippen LogP contribution is 2.14. The van der Waals surface area contributed by atoms with Gasteiger partial charge < -0.3 is 16.0 Å². The molecule has 0 bridgehead atoms. The van der Waals surface area contributed by atoms with Crippen LogP contribution < -0.4 is 11.1 Å². The Labute approximate surface area is 125 Å². The van der Waals surface area contributed by atoms with Crippen LogP contribution >= 0.6 is 12.2 Å². The van der Waals surface area contributed by atoms with Gasteiger partial charge in [-0.1, -0.05) is 30.8 Å². The molecule has 108 valence electrons. The molecule has 1 heterocycles. The van der Waals surface area contributed by atoms with E-state index in [4.69, 9.17) is 18.0 Å². The maximum atomic E-state index is 12.1. The molecule has 0 saturated carbocycles. The van der Waals surface area contributed by atoms with Crippen molar-refractivity contribution in [2.45, 2.75) is 25.3 Å². The number of hydrogen-bond donors (Lipinski definition) is 2. The number of nitrogens with zero attached hydrogens (tertiary/aromatic N) is 1. The van der Waals surface area contributed by atoms with Crippen LogP contribution in [-0.2, 0) is 0 Å². The fourth-order valence-corrected chi connectivity index (χ4v) is 2.64. The predicted molar refractivity (Wildman–Crippen MR) is 84.9 cm³/mol. The molecule has 4 nitrogen and oxygen atoms in total. The van der Waals surface area contributed by atoms with E-state index in [2.05, 4.69) is 17.3 Å². The largest absolute Gasteiger partial charge is 0.389 e. The number of amides is 1. The van der Waals surface area contributed by atoms with Gasteiger partial charge in [-0.05, 0) is 38.6 Å². The van der Waals surface area contributed by atoms with Crippen LogP contribution in [0.15, 0.2) is 24.3 Å². The van der Waals surface area contributed by atoms with E-state index in [1.54, 1.807) is 24.3 Å². The van der Waals surface area contributed by atoms with Crippen LogP contribution in [0.1, 0.15) is 35.2 Å². The number of thiocarbonyl (C=S) groups is 1. The van der Waals surface area contributed by atoms with Gasteiger partial charge in [0.2, 0.25) is 0 Å². The lowest BCUT2D eigenvalue weighted by Gasteiger charge is -2.32. The van der Waals surface area contributed by atoms with Gasteiger partial charge in [-0.2, -0.15) is 0 Å². The number of nitrogens with two attached hydrogens (primary N) is 1. The van der Waals surface area contributed by atoms with Gasteiger partial charge in [0.25, 0.3) is 5.91 Å². The SMILES string of the molecule is CN1CCCCC1CNC(=O)c1ccc(C(N)=S)cc1. The lowest BCUT2D eigenvalue weighted by molar-refractivity contribution is 0.0928. The summed E-state index contributed by atoms with van der Waals surface area (Å²) in [5, 5.41) is 3.00. The first-order valence-electron chi connectivity index (χ1n) is 6.96. The Bertz CT molecular complexity index is 486. The van der Waals surface area contributed by atoms with E-state index < -0.39 is 0 Å². The Hall–Kier alpha value is -1.46. The minimum absolute atomic E-state index is 0.0431. The van der Waals surface area contributed by atoms with E-state index in [0.717, 1.165) is 18.5 Å². The van der Waals surface area contributed by atoms with Gasteiger partial charge in [0, 0.05) is 23.7 Å². The highest BCUT2D eigenvalue weighted by atomic mass is 32.1. The number of nitrogens with one attached hydrogen (secondary N) is 1. The number of likely N-dealkylation sites (N-methyl/N-ethyl adjacent to an activating group) is 1. The second-order valence-electron chi connectivity index (χ2n) is 5.28. The predicted octanol–water partition coefficient (Wildman–Crippen LogP) is 1.53. The molecular weight excluding hydrogens is 270 g/mol. The number of carbonyl (C=O) groups is 1. The first kappa shape index (κ1) is 14.9. The van der Waals surface area contributed by atoms with Gasteiger partial charge in [0.15, 0.2) is 0 Å². The quantitative estimate of drug-likeness (QED) is 0.826. The number of carbonyl (C=O) groups excluding carboxylic acids is 1. The molecule has 0 spiro atoms. The first-order valence-corrected chi connectivity index (χ1v) is 7.37. The maximum absolute atomic E-state index is 12.1. The molecule has 1 aromatic carbocycles. The molecule has 0 aromatic heterocycles. The topological polar surface area (TPSA) is 58.4 Å². The minimum atomic E-state index is -0.0431. The molecular formula is C15H21N3OS. The van der Waals surface area contributed by atoms with Crippen molar-refractivity contribution >= 4 is 23.1 Å². The zero-order valence-corrected chi connectivity index (χ0v) is 12.6. The van der Waals surface area contributed by atoms with E-state index in [9.17, 15) is 4.79 Å². The number of likely N-dealkylation sites (tertiary alicyclic amines) is 1. The zero-order valence-electron chi connectivity index (χ0n) is 11.8. The molecule has 1 atom stereocenters. The smallest absolute Gasteiger partial charge is 0.251 e. The monoisotopic (exact) mass is 291 g/mol. The number of piperidine rings is 1. The standard InChI is InChI=1S/C15H21N3OS/c1-18-9-3-2-4-13(18)10-17-15(19)12-7-5-11(6-8-12)14(16)20/h5-8,13H,2-4,9-10H2,1H3,(H2,16,20)(H,17,19). The van der Waals surface area contributed by atoms with Gasteiger partial charge >= 0.3 is 0 Å². The summed E-state index contributed by atoms with van der Waals surface area (Å²) in [4.78, 5) is 14.7. The van der Waals surface area contributed by atoms with Crippen LogP contribution in [-0.4, -0.2) is 42.0 Å². The molecule has 3 N–H and O–H groups in total. The van der Waals surface area contributed by atoms with Crippen molar-refractivity contribution in [1.82, 2.24) is 10.2 Å². The molecule has 1 saturated heterocycles. The second-order valence-corrected chi connectivity index (χ2v) is 5.72. The molecule has 0 aliphatic carbocycles. The summed E-state index contributed by atoms with van der Waals surface area (Å²) in [6.07, 6.45) is 3.64. The van der Waals surface area contributed by atoms with Crippen LogP contribution in [0.25, 0.3) is 0 Å². The van der Waals surface area contributed by atoms with Gasteiger partial charge in [0.05, 0.1) is 0 Å². The third kappa shape index (κ3) is 3.77. The molecule has 5 heteroatoms. The van der Waals surface area contributed by atoms with E-state index in [-0.39, 0.29) is 5.91 Å². The summed E-state index contributed by atoms with van der Waals surface area (Å²) >= 11 is 4.89. The summed E-state index contributed by atoms with van der Waals surface area (Å²) in [6, 6.07) is 7.53. The third-order valence-corrected chi connectivity index (χ3v) is 4.09. The number of rotatable bonds is 4. The van der Waals surface area contributed by atoms with Crippen LogP contribution in [0.4, 0.5) is 0 Å². The third-order valence-electron chi connectivity index (χ3n) is 3.85. The van der Waals surface area contributed by atoms with Crippen molar-refractivity contribution in [2.24, 2.45) is 5.73 Å². The molecule has 20 heavy (non-hydrogen) atoms. The van der Waals surface area contributed by atoms with Gasteiger partial charge in [0.1, 0.15) is 4.99 Å². The van der Waals surface area contributed by atoms with E-state index in [1.165, 1.54) is 12.8 Å². The molecule has 2 rings (SSSR count). The van der Waals surface area contributed by atoms with Gasteiger partial charge in [-0.15, -0.1) is 0 Å². The van der Waals surface area contributed by atoms with Crippen LogP contribution in [0.2, 0.25) is 0 Å². The maximum Gasteiger partial charge on any atom is 0.251 e. The first-order chi connectivity index (χ1) is 9.58. The Kier molecular flexibility index (Phi) is 5.09. The fraction of sp³-hybridized carbons (Fsp3) is 0.467. The van der Waals surface area contributed by atoms with Crippen LogP contribution in [0.5, 0.6) is 0 Å².